The lowest BCUT2D eigenvalue weighted by atomic mass is 10.0. The fourth-order valence-corrected chi connectivity index (χ4v) is 2.38. The Kier molecular flexibility index (Phi) is 4.95. The third kappa shape index (κ3) is 4.14. The van der Waals surface area contributed by atoms with Gasteiger partial charge in [-0.1, -0.05) is 35.5 Å². The maximum Gasteiger partial charge on any atom is 0.371 e. The number of carbonyl (C=O) groups excluding carboxylic acids is 1. The molecule has 0 bridgehead atoms. The SMILES string of the molecule is C[n+]1ccc(/C(=N/OC(=O)c2ccc[n+](C)c2)c2ccccc2)cc1. The van der Waals surface area contributed by atoms with Gasteiger partial charge in [0.15, 0.2) is 24.8 Å². The second kappa shape index (κ2) is 7.49. The summed E-state index contributed by atoms with van der Waals surface area (Å²) in [6.45, 7) is 0. The van der Waals surface area contributed by atoms with E-state index in [0.717, 1.165) is 11.1 Å². The molecule has 3 rings (SSSR count). The van der Waals surface area contributed by atoms with E-state index in [2.05, 4.69) is 5.16 Å². The van der Waals surface area contributed by atoms with Crippen LogP contribution in [0.1, 0.15) is 21.5 Å². The molecule has 25 heavy (non-hydrogen) atoms. The number of nitrogens with zero attached hydrogens (tertiary/aromatic N) is 3. The molecule has 0 aliphatic rings. The molecule has 0 atom stereocenters. The summed E-state index contributed by atoms with van der Waals surface area (Å²) in [4.78, 5) is 17.5. The fourth-order valence-electron chi connectivity index (χ4n) is 2.38. The molecule has 1 aromatic carbocycles. The summed E-state index contributed by atoms with van der Waals surface area (Å²) in [5.41, 5.74) is 2.80. The van der Waals surface area contributed by atoms with Crippen LogP contribution in [0, 0.1) is 0 Å². The Bertz CT molecular complexity index is 904. The van der Waals surface area contributed by atoms with Crippen LogP contribution in [0.4, 0.5) is 0 Å². The Morgan fingerprint density at radius 2 is 1.44 bits per heavy atom. The van der Waals surface area contributed by atoms with Gasteiger partial charge in [-0.3, -0.25) is 0 Å². The number of rotatable bonds is 4. The molecule has 0 fully saturated rings. The van der Waals surface area contributed by atoms with Gasteiger partial charge < -0.3 is 4.84 Å². The first-order valence-electron chi connectivity index (χ1n) is 7.89. The van der Waals surface area contributed by atoms with Crippen molar-refractivity contribution in [3.05, 3.63) is 96.1 Å². The zero-order valence-corrected chi connectivity index (χ0v) is 14.2. The molecule has 5 heteroatoms. The van der Waals surface area contributed by atoms with Crippen LogP contribution in [0.25, 0.3) is 0 Å². The van der Waals surface area contributed by atoms with Crippen molar-refractivity contribution in [1.82, 2.24) is 0 Å². The van der Waals surface area contributed by atoms with Gasteiger partial charge >= 0.3 is 5.97 Å². The van der Waals surface area contributed by atoms with Gasteiger partial charge in [-0.2, -0.15) is 0 Å². The second-order valence-electron chi connectivity index (χ2n) is 5.70. The normalized spacial score (nSPS) is 11.2. The van der Waals surface area contributed by atoms with Crippen molar-refractivity contribution in [3.63, 3.8) is 0 Å². The Balaban J connectivity index is 1.93. The van der Waals surface area contributed by atoms with Crippen LogP contribution in [0.5, 0.6) is 0 Å². The molecule has 0 N–H and O–H groups in total. The van der Waals surface area contributed by atoms with E-state index in [1.54, 1.807) is 22.9 Å². The molecule has 124 valence electrons. The van der Waals surface area contributed by atoms with Crippen molar-refractivity contribution in [2.24, 2.45) is 19.3 Å². The first-order chi connectivity index (χ1) is 12.1. The zero-order chi connectivity index (χ0) is 17.6. The van der Waals surface area contributed by atoms with E-state index in [-0.39, 0.29) is 0 Å². The van der Waals surface area contributed by atoms with Crippen molar-refractivity contribution in [1.29, 1.82) is 0 Å². The summed E-state index contributed by atoms with van der Waals surface area (Å²) in [5.74, 6) is -0.494. The lowest BCUT2D eigenvalue weighted by molar-refractivity contribution is -0.671. The van der Waals surface area contributed by atoms with Crippen molar-refractivity contribution < 1.29 is 18.8 Å². The highest BCUT2D eigenvalue weighted by molar-refractivity contribution is 6.12. The van der Waals surface area contributed by atoms with E-state index >= 15 is 0 Å². The van der Waals surface area contributed by atoms with Crippen LogP contribution in [0.3, 0.4) is 0 Å². The first-order valence-corrected chi connectivity index (χ1v) is 7.89. The van der Waals surface area contributed by atoms with E-state index in [9.17, 15) is 4.79 Å². The minimum absolute atomic E-state index is 0.445. The summed E-state index contributed by atoms with van der Waals surface area (Å²) in [6.07, 6.45) is 7.39. The quantitative estimate of drug-likeness (QED) is 0.317. The number of carbonyl (C=O) groups is 1. The topological polar surface area (TPSA) is 46.4 Å². The molecule has 0 unspecified atom stereocenters. The molecule has 0 amide bonds. The van der Waals surface area contributed by atoms with E-state index in [1.807, 2.05) is 79.7 Å². The maximum atomic E-state index is 12.3. The molecule has 5 nitrogen and oxygen atoms in total. The minimum atomic E-state index is -0.494. The summed E-state index contributed by atoms with van der Waals surface area (Å²) in [6, 6.07) is 17.0. The number of aryl methyl sites for hydroxylation is 2. The first kappa shape index (κ1) is 16.5. The van der Waals surface area contributed by atoms with Crippen molar-refractivity contribution in [3.8, 4) is 0 Å². The predicted molar refractivity (Wildman–Crippen MR) is 92.7 cm³/mol. The average Bonchev–Trinajstić information content (AvgIpc) is 2.64. The number of hydrogen-bond donors (Lipinski definition) is 0. The molecule has 3 aromatic rings. The molecule has 0 aliphatic carbocycles. The highest BCUT2D eigenvalue weighted by Gasteiger charge is 2.14. The van der Waals surface area contributed by atoms with Gasteiger partial charge in [-0.25, -0.2) is 13.9 Å². The minimum Gasteiger partial charge on any atom is -0.312 e. The third-order valence-corrected chi connectivity index (χ3v) is 3.69. The summed E-state index contributed by atoms with van der Waals surface area (Å²) in [7, 11) is 3.79. The van der Waals surface area contributed by atoms with E-state index in [4.69, 9.17) is 4.84 Å². The highest BCUT2D eigenvalue weighted by Crippen LogP contribution is 2.11. The summed E-state index contributed by atoms with van der Waals surface area (Å²) < 4.78 is 3.72. The molecule has 0 saturated carbocycles. The standard InChI is InChI=1S/C20H19N3O2/c1-22-13-10-17(11-14-22)19(16-7-4-3-5-8-16)21-25-20(24)18-9-6-12-23(2)15-18/h3-15H,1-2H3/q+2/b21-19+. The molecular weight excluding hydrogens is 314 g/mol. The van der Waals surface area contributed by atoms with Gasteiger partial charge in [0.2, 0.25) is 0 Å². The number of benzene rings is 1. The van der Waals surface area contributed by atoms with Gasteiger partial charge in [0.25, 0.3) is 0 Å². The van der Waals surface area contributed by atoms with E-state index in [0.29, 0.717) is 11.3 Å². The van der Waals surface area contributed by atoms with Crippen LogP contribution in [-0.2, 0) is 18.9 Å². The molecule has 0 spiro atoms. The molecule has 0 aliphatic heterocycles. The van der Waals surface area contributed by atoms with Crippen LogP contribution >= 0.6 is 0 Å². The van der Waals surface area contributed by atoms with Crippen LogP contribution in [0.2, 0.25) is 0 Å². The van der Waals surface area contributed by atoms with E-state index in [1.165, 1.54) is 0 Å². The predicted octanol–water partition coefficient (Wildman–Crippen LogP) is 1.94. The monoisotopic (exact) mass is 333 g/mol. The average molecular weight is 333 g/mol. The van der Waals surface area contributed by atoms with Crippen LogP contribution in [-0.4, -0.2) is 11.7 Å². The largest absolute Gasteiger partial charge is 0.371 e. The lowest BCUT2D eigenvalue weighted by Crippen LogP contribution is -2.28. The van der Waals surface area contributed by atoms with Gasteiger partial charge in [-0.15, -0.1) is 0 Å². The number of pyridine rings is 2. The van der Waals surface area contributed by atoms with Crippen molar-refractivity contribution >= 4 is 11.7 Å². The molecule has 0 radical (unpaired) electrons. The number of oxime groups is 1. The van der Waals surface area contributed by atoms with Crippen molar-refractivity contribution in [2.45, 2.75) is 0 Å². The maximum absolute atomic E-state index is 12.3. The molecular formula is C20H19N3O2+2. The Hall–Kier alpha value is -3.34. The molecule has 2 heterocycles. The summed E-state index contributed by atoms with van der Waals surface area (Å²) >= 11 is 0. The second-order valence-corrected chi connectivity index (χ2v) is 5.70. The van der Waals surface area contributed by atoms with Gasteiger partial charge in [0.05, 0.1) is 0 Å². The van der Waals surface area contributed by atoms with Gasteiger partial charge in [-0.05, 0) is 6.07 Å². The molecule has 0 saturated heterocycles. The zero-order valence-electron chi connectivity index (χ0n) is 14.2. The Labute approximate surface area is 146 Å². The lowest BCUT2D eigenvalue weighted by Gasteiger charge is -2.06. The van der Waals surface area contributed by atoms with Crippen molar-refractivity contribution in [2.75, 3.05) is 0 Å². The van der Waals surface area contributed by atoms with Gasteiger partial charge in [0, 0.05) is 29.3 Å². The fraction of sp³-hybridized carbons (Fsp3) is 0.100. The number of hydrogen-bond acceptors (Lipinski definition) is 3. The Morgan fingerprint density at radius 1 is 0.800 bits per heavy atom. The van der Waals surface area contributed by atoms with Crippen LogP contribution in [0.15, 0.2) is 84.5 Å². The third-order valence-electron chi connectivity index (χ3n) is 3.69. The van der Waals surface area contributed by atoms with Crippen LogP contribution < -0.4 is 9.13 Å². The highest BCUT2D eigenvalue weighted by atomic mass is 16.7. The van der Waals surface area contributed by atoms with E-state index < -0.39 is 5.97 Å². The number of aromatic nitrogens is 2. The summed E-state index contributed by atoms with van der Waals surface area (Å²) in [5, 5.41) is 4.15. The smallest absolute Gasteiger partial charge is 0.312 e. The van der Waals surface area contributed by atoms with Gasteiger partial charge in [0.1, 0.15) is 25.4 Å². The molecule has 2 aromatic heterocycles. The Morgan fingerprint density at radius 3 is 2.12 bits per heavy atom.